The first kappa shape index (κ1) is 32.8. The van der Waals surface area contributed by atoms with Crippen molar-refractivity contribution < 1.29 is 23.9 Å². The number of hydrogen-bond donors (Lipinski definition) is 2. The van der Waals surface area contributed by atoms with E-state index in [0.29, 0.717) is 37.4 Å². The number of rotatable bonds is 12. The minimum Gasteiger partial charge on any atom is -0.466 e. The van der Waals surface area contributed by atoms with Crippen LogP contribution in [-0.2, 0) is 20.8 Å². The number of carbonyl (C=O) groups excluding carboxylic acids is 3. The zero-order chi connectivity index (χ0) is 32.2. The Morgan fingerprint density at radius 3 is 2.09 bits per heavy atom. The Bertz CT molecular complexity index is 1560. The Hall–Kier alpha value is -5.11. The van der Waals surface area contributed by atoms with Crippen molar-refractivity contribution in [2.75, 3.05) is 23.4 Å². The highest BCUT2D eigenvalue weighted by atomic mass is 16.6. The van der Waals surface area contributed by atoms with Gasteiger partial charge in [0.25, 0.3) is 5.91 Å². The fraction of sp³-hybridized carbons (Fsp3) is 0.270. The third-order valence-corrected chi connectivity index (χ3v) is 6.82. The number of nitrogens with zero attached hydrogens (tertiary/aromatic N) is 1. The van der Waals surface area contributed by atoms with E-state index in [2.05, 4.69) is 10.6 Å². The average molecular weight is 608 g/mol. The highest BCUT2D eigenvalue weighted by molar-refractivity contribution is 6.08. The number of anilines is 3. The normalized spacial score (nSPS) is 10.9. The van der Waals surface area contributed by atoms with Gasteiger partial charge in [0, 0.05) is 30.8 Å². The minimum atomic E-state index is -0.565. The van der Waals surface area contributed by atoms with Gasteiger partial charge in [-0.3, -0.25) is 9.59 Å². The smallest absolute Gasteiger partial charge is 0.407 e. The maximum Gasteiger partial charge on any atom is 0.407 e. The molecule has 0 saturated heterocycles. The third-order valence-electron chi connectivity index (χ3n) is 6.82. The molecule has 0 spiro atoms. The van der Waals surface area contributed by atoms with E-state index >= 15 is 0 Å². The van der Waals surface area contributed by atoms with Crippen LogP contribution in [0.15, 0.2) is 103 Å². The molecule has 45 heavy (non-hydrogen) atoms. The lowest BCUT2D eigenvalue weighted by atomic mass is 10.0. The SMILES string of the molecule is CCOC(=O)CCCN(C(=O)c1ccc(-c2ccccc2)cc1)c1ccccc1Nc1ccc(CNC(=O)OC(C)(C)C)cc1. The largest absolute Gasteiger partial charge is 0.466 e. The average Bonchev–Trinajstić information content (AvgIpc) is 3.03. The maximum absolute atomic E-state index is 14.0. The van der Waals surface area contributed by atoms with Crippen LogP contribution in [0, 0.1) is 0 Å². The summed E-state index contributed by atoms with van der Waals surface area (Å²) in [5, 5.41) is 6.20. The first-order valence-electron chi connectivity index (χ1n) is 15.2. The second-order valence-corrected chi connectivity index (χ2v) is 11.5. The molecule has 0 aliphatic rings. The fourth-order valence-corrected chi connectivity index (χ4v) is 4.70. The van der Waals surface area contributed by atoms with Gasteiger partial charge in [0.05, 0.1) is 18.0 Å². The van der Waals surface area contributed by atoms with Crippen LogP contribution in [0.1, 0.15) is 56.5 Å². The quantitative estimate of drug-likeness (QED) is 0.158. The van der Waals surface area contributed by atoms with Crippen molar-refractivity contribution in [3.05, 3.63) is 114 Å². The molecule has 0 aliphatic heterocycles. The van der Waals surface area contributed by atoms with Crippen LogP contribution in [0.25, 0.3) is 11.1 Å². The predicted molar refractivity (Wildman–Crippen MR) is 179 cm³/mol. The van der Waals surface area contributed by atoms with Crippen molar-refractivity contribution in [3.63, 3.8) is 0 Å². The van der Waals surface area contributed by atoms with Crippen LogP contribution >= 0.6 is 0 Å². The standard InChI is InChI=1S/C37H41N3O5/c1-5-44-34(41)16-11-25-40(35(42)30-21-19-29(20-22-30)28-12-7-6-8-13-28)33-15-10-9-14-32(33)39-31-23-17-27(18-24-31)26-38-36(43)45-37(2,3)4/h6-10,12-15,17-24,39H,5,11,16,25-26H2,1-4H3,(H,38,43). The number of esters is 1. The topological polar surface area (TPSA) is 97.0 Å². The van der Waals surface area contributed by atoms with Gasteiger partial charge < -0.3 is 25.0 Å². The highest BCUT2D eigenvalue weighted by Crippen LogP contribution is 2.31. The second-order valence-electron chi connectivity index (χ2n) is 11.5. The van der Waals surface area contributed by atoms with Crippen LogP contribution in [0.3, 0.4) is 0 Å². The molecule has 0 atom stereocenters. The summed E-state index contributed by atoms with van der Waals surface area (Å²) in [6, 6.07) is 32.8. The molecule has 0 bridgehead atoms. The van der Waals surface area contributed by atoms with Crippen molar-refractivity contribution >= 4 is 35.0 Å². The van der Waals surface area contributed by atoms with E-state index in [-0.39, 0.29) is 18.3 Å². The summed E-state index contributed by atoms with van der Waals surface area (Å²) in [7, 11) is 0. The van der Waals surface area contributed by atoms with Crippen molar-refractivity contribution in [1.82, 2.24) is 5.32 Å². The molecule has 0 aliphatic carbocycles. The van der Waals surface area contributed by atoms with Crippen LogP contribution in [0.4, 0.5) is 21.9 Å². The molecular weight excluding hydrogens is 566 g/mol. The maximum atomic E-state index is 14.0. The Balaban J connectivity index is 1.53. The molecule has 234 valence electrons. The monoisotopic (exact) mass is 607 g/mol. The summed E-state index contributed by atoms with van der Waals surface area (Å²) < 4.78 is 10.4. The van der Waals surface area contributed by atoms with Crippen molar-refractivity contribution in [1.29, 1.82) is 0 Å². The molecule has 8 nitrogen and oxygen atoms in total. The van der Waals surface area contributed by atoms with Gasteiger partial charge >= 0.3 is 12.1 Å². The van der Waals surface area contributed by atoms with Gasteiger partial charge in [0.15, 0.2) is 0 Å². The molecule has 0 aromatic heterocycles. The van der Waals surface area contributed by atoms with E-state index in [1.165, 1.54) is 0 Å². The number of nitrogens with one attached hydrogen (secondary N) is 2. The lowest BCUT2D eigenvalue weighted by Crippen LogP contribution is -2.33. The molecule has 0 saturated carbocycles. The Morgan fingerprint density at radius 1 is 0.778 bits per heavy atom. The molecule has 4 aromatic carbocycles. The first-order chi connectivity index (χ1) is 21.6. The Kier molecular flexibility index (Phi) is 11.3. The van der Waals surface area contributed by atoms with E-state index in [1.54, 1.807) is 11.8 Å². The summed E-state index contributed by atoms with van der Waals surface area (Å²) in [4.78, 5) is 39.8. The number of benzene rings is 4. The summed E-state index contributed by atoms with van der Waals surface area (Å²) in [6.07, 6.45) is 0.181. The molecule has 2 N–H and O–H groups in total. The number of alkyl carbamates (subject to hydrolysis) is 1. The van der Waals surface area contributed by atoms with Crippen molar-refractivity contribution in [3.8, 4) is 11.1 Å². The van der Waals surface area contributed by atoms with Crippen molar-refractivity contribution in [2.45, 2.75) is 52.7 Å². The van der Waals surface area contributed by atoms with E-state index in [0.717, 1.165) is 28.1 Å². The molecule has 0 radical (unpaired) electrons. The molecule has 0 heterocycles. The molecule has 0 unspecified atom stereocenters. The Labute approximate surface area is 265 Å². The van der Waals surface area contributed by atoms with E-state index < -0.39 is 11.7 Å². The van der Waals surface area contributed by atoms with Gasteiger partial charge in [-0.15, -0.1) is 0 Å². The lowest BCUT2D eigenvalue weighted by Gasteiger charge is -2.26. The Morgan fingerprint density at radius 2 is 1.42 bits per heavy atom. The molecule has 8 heteroatoms. The van der Waals surface area contributed by atoms with Crippen LogP contribution in [0.2, 0.25) is 0 Å². The molecule has 2 amide bonds. The van der Waals surface area contributed by atoms with Gasteiger partial charge in [0.2, 0.25) is 0 Å². The molecule has 4 aromatic rings. The number of hydrogen-bond acceptors (Lipinski definition) is 6. The fourth-order valence-electron chi connectivity index (χ4n) is 4.70. The van der Waals surface area contributed by atoms with Crippen LogP contribution in [0.5, 0.6) is 0 Å². The predicted octanol–water partition coefficient (Wildman–Crippen LogP) is 8.11. The number of carbonyl (C=O) groups is 3. The summed E-state index contributed by atoms with van der Waals surface area (Å²) in [5.74, 6) is -0.457. The number of ether oxygens (including phenoxy) is 2. The first-order valence-corrected chi connectivity index (χ1v) is 15.2. The zero-order valence-corrected chi connectivity index (χ0v) is 26.3. The highest BCUT2D eigenvalue weighted by Gasteiger charge is 2.21. The second kappa shape index (κ2) is 15.6. The van der Waals surface area contributed by atoms with Crippen LogP contribution < -0.4 is 15.5 Å². The minimum absolute atomic E-state index is 0.170. The number of amides is 2. The van der Waals surface area contributed by atoms with Gasteiger partial charge in [-0.25, -0.2) is 4.79 Å². The van der Waals surface area contributed by atoms with E-state index in [1.807, 2.05) is 124 Å². The third kappa shape index (κ3) is 9.96. The van der Waals surface area contributed by atoms with Gasteiger partial charge in [-0.1, -0.05) is 66.7 Å². The van der Waals surface area contributed by atoms with Gasteiger partial charge in [0.1, 0.15) is 5.60 Å². The summed E-state index contributed by atoms with van der Waals surface area (Å²) in [6.45, 7) is 8.21. The molecule has 0 fully saturated rings. The summed E-state index contributed by atoms with van der Waals surface area (Å²) in [5.41, 5.74) is 5.23. The van der Waals surface area contributed by atoms with Crippen LogP contribution in [-0.4, -0.2) is 36.7 Å². The van der Waals surface area contributed by atoms with Gasteiger partial charge in [-0.05, 0) is 87.2 Å². The molecular formula is C37H41N3O5. The molecule has 4 rings (SSSR count). The van der Waals surface area contributed by atoms with Crippen molar-refractivity contribution in [2.24, 2.45) is 0 Å². The zero-order valence-electron chi connectivity index (χ0n) is 26.3. The van der Waals surface area contributed by atoms with Gasteiger partial charge in [-0.2, -0.15) is 0 Å². The summed E-state index contributed by atoms with van der Waals surface area (Å²) >= 11 is 0. The lowest BCUT2D eigenvalue weighted by molar-refractivity contribution is -0.143. The van der Waals surface area contributed by atoms with E-state index in [9.17, 15) is 14.4 Å². The number of para-hydroxylation sites is 2. The van der Waals surface area contributed by atoms with E-state index in [4.69, 9.17) is 9.47 Å².